The molecular formula is C17H18N6O5. The molecule has 146 valence electrons. The first-order valence-electron chi connectivity index (χ1n) is 8.21. The van der Waals surface area contributed by atoms with Gasteiger partial charge in [-0.15, -0.1) is 0 Å². The van der Waals surface area contributed by atoms with Crippen LogP contribution in [0.15, 0.2) is 33.4 Å². The van der Waals surface area contributed by atoms with Crippen LogP contribution in [0.5, 0.6) is 0 Å². The first kappa shape index (κ1) is 19.0. The largest absolute Gasteiger partial charge is 0.444 e. The topological polar surface area (TPSA) is 158 Å². The van der Waals surface area contributed by atoms with Gasteiger partial charge in [-0.1, -0.05) is 0 Å². The van der Waals surface area contributed by atoms with Crippen molar-refractivity contribution in [3.63, 3.8) is 0 Å². The van der Waals surface area contributed by atoms with Crippen molar-refractivity contribution in [1.82, 2.24) is 15.0 Å². The summed E-state index contributed by atoms with van der Waals surface area (Å²) in [7, 11) is 1.61. The first-order chi connectivity index (χ1) is 13.5. The number of carbonyl (C=O) groups excluding carboxylic acids is 2. The molecule has 0 aliphatic rings. The summed E-state index contributed by atoms with van der Waals surface area (Å²) in [6, 6.07) is 3.42. The smallest absolute Gasteiger partial charge is 0.280 e. The molecule has 0 saturated heterocycles. The quantitative estimate of drug-likeness (QED) is 0.487. The average Bonchev–Trinajstić information content (AvgIpc) is 3.29. The van der Waals surface area contributed by atoms with Crippen molar-refractivity contribution in [2.45, 2.75) is 6.92 Å². The molecule has 0 aromatic carbocycles. The van der Waals surface area contributed by atoms with Crippen molar-refractivity contribution in [3.8, 4) is 11.5 Å². The second-order valence-electron chi connectivity index (χ2n) is 5.62. The standard InChI is InChI=1S/C17H18N6O5/c1-9-21-13(14(18)24)17(28-9)23-15(25)11-8-27-16(22-11)10-3-4-19-12(7-10)20-5-6-26-2/h3-4,7-8H,5-6H2,1-2H3,(H2,18,24)(H,19,20)(H,23,25). The second kappa shape index (κ2) is 8.31. The number of aryl methyl sites for hydroxylation is 1. The van der Waals surface area contributed by atoms with Crippen LogP contribution in [-0.2, 0) is 4.74 Å². The maximum Gasteiger partial charge on any atom is 0.280 e. The lowest BCUT2D eigenvalue weighted by Gasteiger charge is -2.05. The summed E-state index contributed by atoms with van der Waals surface area (Å²) in [6.45, 7) is 2.65. The van der Waals surface area contributed by atoms with Gasteiger partial charge in [0.15, 0.2) is 17.3 Å². The van der Waals surface area contributed by atoms with E-state index in [9.17, 15) is 9.59 Å². The van der Waals surface area contributed by atoms with Crippen LogP contribution < -0.4 is 16.4 Å². The van der Waals surface area contributed by atoms with E-state index in [1.165, 1.54) is 13.2 Å². The van der Waals surface area contributed by atoms with Crippen LogP contribution in [0.1, 0.15) is 26.9 Å². The molecule has 0 aliphatic carbocycles. The minimum atomic E-state index is -0.821. The number of methoxy groups -OCH3 is 1. The molecule has 0 aliphatic heterocycles. The fraction of sp³-hybridized carbons (Fsp3) is 0.235. The zero-order valence-corrected chi connectivity index (χ0v) is 15.2. The summed E-state index contributed by atoms with van der Waals surface area (Å²) in [4.78, 5) is 35.9. The van der Waals surface area contributed by atoms with E-state index in [-0.39, 0.29) is 29.1 Å². The third-order valence-corrected chi connectivity index (χ3v) is 3.55. The Labute approximate surface area is 159 Å². The van der Waals surface area contributed by atoms with Gasteiger partial charge in [0.05, 0.1) is 6.61 Å². The first-order valence-corrected chi connectivity index (χ1v) is 8.21. The van der Waals surface area contributed by atoms with Crippen LogP contribution in [0.2, 0.25) is 0 Å². The summed E-state index contributed by atoms with van der Waals surface area (Å²) in [6.07, 6.45) is 2.78. The van der Waals surface area contributed by atoms with E-state index in [2.05, 4.69) is 25.6 Å². The Bertz CT molecular complexity index is 996. The maximum atomic E-state index is 12.4. The van der Waals surface area contributed by atoms with E-state index in [0.29, 0.717) is 24.5 Å². The lowest BCUT2D eigenvalue weighted by molar-refractivity contribution is 0.0996. The van der Waals surface area contributed by atoms with Gasteiger partial charge < -0.3 is 24.6 Å². The molecule has 11 nitrogen and oxygen atoms in total. The molecule has 0 radical (unpaired) electrons. The highest BCUT2D eigenvalue weighted by Crippen LogP contribution is 2.22. The average molecular weight is 386 g/mol. The number of oxazole rings is 2. The molecule has 3 aromatic rings. The Kier molecular flexibility index (Phi) is 5.65. The number of nitrogens with zero attached hydrogens (tertiary/aromatic N) is 3. The molecule has 0 fully saturated rings. The van der Waals surface area contributed by atoms with Gasteiger partial charge in [0, 0.05) is 32.3 Å². The van der Waals surface area contributed by atoms with Crippen LogP contribution in [0.4, 0.5) is 11.7 Å². The molecule has 0 unspecified atom stereocenters. The molecule has 11 heteroatoms. The van der Waals surface area contributed by atoms with E-state index in [4.69, 9.17) is 19.3 Å². The molecule has 3 heterocycles. The minimum Gasteiger partial charge on any atom is -0.444 e. The summed E-state index contributed by atoms with van der Waals surface area (Å²) in [5.74, 6) is -0.573. The van der Waals surface area contributed by atoms with Crippen LogP contribution >= 0.6 is 0 Å². The van der Waals surface area contributed by atoms with E-state index in [1.54, 1.807) is 25.4 Å². The van der Waals surface area contributed by atoms with Crippen molar-refractivity contribution in [1.29, 1.82) is 0 Å². The number of nitrogens with one attached hydrogen (secondary N) is 2. The highest BCUT2D eigenvalue weighted by Gasteiger charge is 2.21. The fourth-order valence-electron chi connectivity index (χ4n) is 2.30. The Morgan fingerprint density at radius 2 is 2.14 bits per heavy atom. The highest BCUT2D eigenvalue weighted by atomic mass is 16.5. The molecule has 4 N–H and O–H groups in total. The van der Waals surface area contributed by atoms with Gasteiger partial charge in [-0.05, 0) is 12.1 Å². The van der Waals surface area contributed by atoms with Gasteiger partial charge in [-0.3, -0.25) is 14.9 Å². The number of primary amides is 1. The zero-order chi connectivity index (χ0) is 20.1. The predicted octanol–water partition coefficient (Wildman–Crippen LogP) is 1.44. The lowest BCUT2D eigenvalue weighted by atomic mass is 10.2. The molecule has 28 heavy (non-hydrogen) atoms. The van der Waals surface area contributed by atoms with Gasteiger partial charge >= 0.3 is 0 Å². The molecule has 0 spiro atoms. The molecule has 2 amide bonds. The maximum absolute atomic E-state index is 12.4. The van der Waals surface area contributed by atoms with Crippen molar-refractivity contribution < 1.29 is 23.2 Å². The van der Waals surface area contributed by atoms with Crippen LogP contribution in [-0.4, -0.2) is 47.0 Å². The lowest BCUT2D eigenvalue weighted by Crippen LogP contribution is -2.18. The summed E-state index contributed by atoms with van der Waals surface area (Å²) < 4.78 is 15.6. The monoisotopic (exact) mass is 386 g/mol. The number of carbonyl (C=O) groups is 2. The number of amides is 2. The van der Waals surface area contributed by atoms with Gasteiger partial charge in [0.1, 0.15) is 12.1 Å². The van der Waals surface area contributed by atoms with Crippen molar-refractivity contribution >= 4 is 23.5 Å². The number of rotatable bonds is 8. The normalized spacial score (nSPS) is 10.6. The predicted molar refractivity (Wildman–Crippen MR) is 97.8 cm³/mol. The third-order valence-electron chi connectivity index (χ3n) is 3.55. The van der Waals surface area contributed by atoms with Crippen molar-refractivity contribution in [2.24, 2.45) is 5.73 Å². The molecule has 0 bridgehead atoms. The summed E-state index contributed by atoms with van der Waals surface area (Å²) in [5, 5.41) is 5.50. The van der Waals surface area contributed by atoms with Gasteiger partial charge in [0.25, 0.3) is 11.8 Å². The number of pyridine rings is 1. The number of aromatic nitrogens is 3. The Balaban J connectivity index is 1.74. The van der Waals surface area contributed by atoms with E-state index < -0.39 is 11.8 Å². The van der Waals surface area contributed by atoms with Crippen LogP contribution in [0.25, 0.3) is 11.5 Å². The number of nitrogens with two attached hydrogens (primary N) is 1. The van der Waals surface area contributed by atoms with E-state index in [0.717, 1.165) is 0 Å². The molecule has 3 aromatic heterocycles. The van der Waals surface area contributed by atoms with Gasteiger partial charge in [-0.2, -0.15) is 0 Å². The van der Waals surface area contributed by atoms with Gasteiger partial charge in [0.2, 0.25) is 11.8 Å². The molecule has 0 saturated carbocycles. The summed E-state index contributed by atoms with van der Waals surface area (Å²) >= 11 is 0. The molecule has 0 atom stereocenters. The van der Waals surface area contributed by atoms with Gasteiger partial charge in [-0.25, -0.2) is 15.0 Å². The van der Waals surface area contributed by atoms with Crippen molar-refractivity contribution in [3.05, 3.63) is 41.9 Å². The number of hydrogen-bond acceptors (Lipinski definition) is 9. The second-order valence-corrected chi connectivity index (χ2v) is 5.62. The van der Waals surface area contributed by atoms with E-state index in [1.807, 2.05) is 0 Å². The summed E-state index contributed by atoms with van der Waals surface area (Å²) in [5.41, 5.74) is 5.66. The number of ether oxygens (including phenoxy) is 1. The third kappa shape index (κ3) is 4.32. The number of hydrogen-bond donors (Lipinski definition) is 3. The Hall–Kier alpha value is -3.73. The van der Waals surface area contributed by atoms with Crippen LogP contribution in [0, 0.1) is 6.92 Å². The van der Waals surface area contributed by atoms with Crippen LogP contribution in [0.3, 0.4) is 0 Å². The van der Waals surface area contributed by atoms with E-state index >= 15 is 0 Å². The molecule has 3 rings (SSSR count). The minimum absolute atomic E-state index is 0.00909. The SMILES string of the molecule is COCCNc1cc(-c2nc(C(=O)Nc3oc(C)nc3C(N)=O)co2)ccn1. The highest BCUT2D eigenvalue weighted by molar-refractivity contribution is 6.05. The van der Waals surface area contributed by atoms with Crippen molar-refractivity contribution in [2.75, 3.05) is 30.9 Å². The Morgan fingerprint density at radius 3 is 2.89 bits per heavy atom. The fourth-order valence-corrected chi connectivity index (χ4v) is 2.30. The number of anilines is 2. The zero-order valence-electron chi connectivity index (χ0n) is 15.2. The molecular weight excluding hydrogens is 368 g/mol. The Morgan fingerprint density at radius 1 is 1.32 bits per heavy atom.